The largest absolute Gasteiger partial charge is 0.463 e. The zero-order valence-corrected chi connectivity index (χ0v) is 33.4. The molecule has 4 rings (SSSR count). The highest BCUT2D eigenvalue weighted by atomic mass is 32.2. The third kappa shape index (κ3) is 11.5. The Morgan fingerprint density at radius 2 is 1.05 bits per heavy atom. The highest BCUT2D eigenvalue weighted by molar-refractivity contribution is 7.91. The van der Waals surface area contributed by atoms with Crippen molar-refractivity contribution in [2.45, 2.75) is 127 Å². The molecule has 1 aromatic heterocycles. The number of esters is 7. The van der Waals surface area contributed by atoms with E-state index < -0.39 is 131 Å². The van der Waals surface area contributed by atoms with Gasteiger partial charge in [0.1, 0.15) is 31.5 Å². The van der Waals surface area contributed by atoms with E-state index >= 15 is 0 Å². The standard InChI is InChI=1S/C35H43N3O19S/c1-16-9-11-24(12-10-16)58(46,47)27-13-38(37-36-27)34-32(53-22(7)44)30(51-20(5)42)29(25(55-34)14-48-17(2)39)57-35-33(54-23(8)45)31(52-21(6)43)28(50-19(4)41)26(56-35)15-49-18(3)40/h9-13,25-26,28-35H,14-15H2,1-8H3/t25-,26-,28+,29-,30+,31+,32-,33-,34-,35+/m1/s1. The molecule has 0 N–H and O–H groups in total. The molecule has 0 unspecified atom stereocenters. The molecule has 3 heterocycles. The number of carbonyl (C=O) groups excluding carboxylic acids is 7. The predicted octanol–water partition coefficient (Wildman–Crippen LogP) is 0.212. The number of carbonyl (C=O) groups is 7. The lowest BCUT2D eigenvalue weighted by atomic mass is 9.95. The first-order valence-electron chi connectivity index (χ1n) is 17.5. The monoisotopic (exact) mass is 841 g/mol. The van der Waals surface area contributed by atoms with Crippen molar-refractivity contribution in [1.82, 2.24) is 15.0 Å². The summed E-state index contributed by atoms with van der Waals surface area (Å²) >= 11 is 0. The van der Waals surface area contributed by atoms with Crippen LogP contribution < -0.4 is 0 Å². The molecular weight excluding hydrogens is 798 g/mol. The number of aromatic nitrogens is 3. The first-order valence-corrected chi connectivity index (χ1v) is 19.0. The van der Waals surface area contributed by atoms with Crippen molar-refractivity contribution < 1.29 is 89.3 Å². The number of aryl methyl sites for hydroxylation is 1. The Labute approximate surface area is 331 Å². The van der Waals surface area contributed by atoms with E-state index in [9.17, 15) is 42.0 Å². The van der Waals surface area contributed by atoms with Gasteiger partial charge >= 0.3 is 41.8 Å². The lowest BCUT2D eigenvalue weighted by molar-refractivity contribution is -0.349. The van der Waals surface area contributed by atoms with Crippen LogP contribution in [0.3, 0.4) is 0 Å². The maximum atomic E-state index is 13.5. The maximum absolute atomic E-state index is 13.5. The van der Waals surface area contributed by atoms with E-state index in [4.69, 9.17) is 47.4 Å². The lowest BCUT2D eigenvalue weighted by Crippen LogP contribution is -2.66. The van der Waals surface area contributed by atoms with Gasteiger partial charge in [-0.15, -0.1) is 5.10 Å². The van der Waals surface area contributed by atoms with Gasteiger partial charge in [0.25, 0.3) is 0 Å². The van der Waals surface area contributed by atoms with Crippen LogP contribution in [0.15, 0.2) is 40.4 Å². The molecule has 58 heavy (non-hydrogen) atoms. The van der Waals surface area contributed by atoms with Crippen molar-refractivity contribution in [3.63, 3.8) is 0 Å². The number of rotatable bonds is 14. The Kier molecular flexibility index (Phi) is 15.0. The Morgan fingerprint density at radius 3 is 1.55 bits per heavy atom. The highest BCUT2D eigenvalue weighted by Gasteiger charge is 2.58. The van der Waals surface area contributed by atoms with Gasteiger partial charge in [-0.2, -0.15) is 0 Å². The van der Waals surface area contributed by atoms with E-state index in [2.05, 4.69) is 10.3 Å². The fourth-order valence-corrected chi connectivity index (χ4v) is 7.17. The summed E-state index contributed by atoms with van der Waals surface area (Å²) in [5.74, 6) is -6.32. The van der Waals surface area contributed by atoms with Crippen molar-refractivity contribution in [1.29, 1.82) is 0 Å². The Bertz CT molecular complexity index is 1970. The normalized spacial score (nSPS) is 27.0. The van der Waals surface area contributed by atoms with E-state index in [-0.39, 0.29) is 4.90 Å². The molecule has 318 valence electrons. The fraction of sp³-hybridized carbons (Fsp3) is 0.571. The predicted molar refractivity (Wildman–Crippen MR) is 185 cm³/mol. The zero-order chi connectivity index (χ0) is 43.1. The summed E-state index contributed by atoms with van der Waals surface area (Å²) < 4.78 is 84.5. The topological polar surface area (TPSA) is 277 Å². The van der Waals surface area contributed by atoms with Crippen molar-refractivity contribution in [3.8, 4) is 0 Å². The molecule has 0 amide bonds. The van der Waals surface area contributed by atoms with E-state index in [1.807, 2.05) is 0 Å². The Balaban J connectivity index is 1.85. The van der Waals surface area contributed by atoms with E-state index in [1.54, 1.807) is 19.1 Å². The Morgan fingerprint density at radius 1 is 0.603 bits per heavy atom. The van der Waals surface area contributed by atoms with Crippen molar-refractivity contribution in [2.24, 2.45) is 0 Å². The lowest BCUT2D eigenvalue weighted by Gasteiger charge is -2.48. The molecule has 1 aromatic carbocycles. The minimum Gasteiger partial charge on any atom is -0.463 e. The van der Waals surface area contributed by atoms with Gasteiger partial charge in [-0.1, -0.05) is 22.9 Å². The van der Waals surface area contributed by atoms with Crippen LogP contribution in [0.4, 0.5) is 0 Å². The second-order valence-electron chi connectivity index (χ2n) is 13.0. The van der Waals surface area contributed by atoms with Gasteiger partial charge in [-0.05, 0) is 19.1 Å². The first kappa shape index (κ1) is 45.2. The quantitative estimate of drug-likeness (QED) is 0.182. The molecule has 0 saturated carbocycles. The number of benzene rings is 1. The van der Waals surface area contributed by atoms with Gasteiger partial charge in [-0.25, -0.2) is 13.1 Å². The van der Waals surface area contributed by atoms with Crippen LogP contribution >= 0.6 is 0 Å². The summed E-state index contributed by atoms with van der Waals surface area (Å²) in [6.45, 7) is 7.66. The van der Waals surface area contributed by atoms with Gasteiger partial charge in [0.2, 0.25) is 14.9 Å². The molecule has 10 atom stereocenters. The molecule has 22 nitrogen and oxygen atoms in total. The third-order valence-electron chi connectivity index (χ3n) is 8.26. The maximum Gasteiger partial charge on any atom is 0.303 e. The summed E-state index contributed by atoms with van der Waals surface area (Å²) in [6.07, 6.45) is -15.8. The summed E-state index contributed by atoms with van der Waals surface area (Å²) in [6, 6.07) is 5.88. The van der Waals surface area contributed by atoms with Crippen LogP contribution in [0.5, 0.6) is 0 Å². The molecule has 0 radical (unpaired) electrons. The third-order valence-corrected chi connectivity index (χ3v) is 9.89. The SMILES string of the molecule is CC(=O)OC[C@H]1O[C@@H](O[C@H]2[C@H](OC(C)=O)[C@@H](OC(C)=O)[C@H](n3cc(S(=O)(=O)c4ccc(C)cc4)nn3)O[C@@H]2COC(C)=O)[C@H](OC(C)=O)[C@@H](OC(C)=O)[C@H]1OC(C)=O. The van der Waals surface area contributed by atoms with Gasteiger partial charge in [0, 0.05) is 48.5 Å². The summed E-state index contributed by atoms with van der Waals surface area (Å²) in [4.78, 5) is 86.3. The summed E-state index contributed by atoms with van der Waals surface area (Å²) in [5, 5.41) is 7.18. The number of hydrogen-bond acceptors (Lipinski definition) is 21. The van der Waals surface area contributed by atoms with Crippen molar-refractivity contribution in [2.75, 3.05) is 13.2 Å². The molecule has 0 bridgehead atoms. The van der Waals surface area contributed by atoms with Crippen molar-refractivity contribution in [3.05, 3.63) is 36.0 Å². The zero-order valence-electron chi connectivity index (χ0n) is 32.6. The average molecular weight is 842 g/mol. The van der Waals surface area contributed by atoms with Crippen LogP contribution in [-0.4, -0.2) is 134 Å². The molecule has 0 aliphatic carbocycles. The van der Waals surface area contributed by atoms with E-state index in [0.717, 1.165) is 64.9 Å². The number of sulfone groups is 1. The number of nitrogens with zero attached hydrogens (tertiary/aromatic N) is 3. The van der Waals surface area contributed by atoms with Crippen LogP contribution in [0.25, 0.3) is 0 Å². The van der Waals surface area contributed by atoms with Gasteiger partial charge < -0.3 is 47.4 Å². The summed E-state index contributed by atoms with van der Waals surface area (Å²) in [5.41, 5.74) is 0.790. The molecule has 2 aromatic rings. The smallest absolute Gasteiger partial charge is 0.303 e. The molecular formula is C35H43N3O19S. The molecule has 23 heteroatoms. The second-order valence-corrected chi connectivity index (χ2v) is 14.9. The number of hydrogen-bond donors (Lipinski definition) is 0. The first-order chi connectivity index (χ1) is 27.2. The van der Waals surface area contributed by atoms with E-state index in [0.29, 0.717) is 0 Å². The fourth-order valence-electron chi connectivity index (χ4n) is 6.05. The van der Waals surface area contributed by atoms with Gasteiger partial charge in [0.05, 0.1) is 11.1 Å². The molecule has 2 fully saturated rings. The van der Waals surface area contributed by atoms with E-state index in [1.165, 1.54) is 12.1 Å². The molecule has 2 aliphatic heterocycles. The minimum absolute atomic E-state index is 0.116. The molecule has 2 saturated heterocycles. The van der Waals surface area contributed by atoms with Gasteiger partial charge in [0.15, 0.2) is 43.0 Å². The highest BCUT2D eigenvalue weighted by Crippen LogP contribution is 2.38. The van der Waals surface area contributed by atoms with Crippen LogP contribution in [0, 0.1) is 6.92 Å². The van der Waals surface area contributed by atoms with Gasteiger partial charge in [-0.3, -0.25) is 33.6 Å². The minimum atomic E-state index is -4.26. The van der Waals surface area contributed by atoms with Crippen LogP contribution in [-0.2, 0) is 90.8 Å². The van der Waals surface area contributed by atoms with Crippen LogP contribution in [0.2, 0.25) is 0 Å². The molecule has 2 aliphatic rings. The van der Waals surface area contributed by atoms with Crippen LogP contribution in [0.1, 0.15) is 60.3 Å². The molecule has 0 spiro atoms. The van der Waals surface area contributed by atoms with Crippen molar-refractivity contribution >= 4 is 51.6 Å². The average Bonchev–Trinajstić information content (AvgIpc) is 3.61. The Hall–Kier alpha value is -5.52. The summed E-state index contributed by atoms with van der Waals surface area (Å²) in [7, 11) is -4.26. The second kappa shape index (κ2) is 19.3. The number of ether oxygens (including phenoxy) is 10.